The molecule has 0 aromatic heterocycles. The van der Waals surface area contributed by atoms with Gasteiger partial charge in [0.1, 0.15) is 6.07 Å². The quantitative estimate of drug-likeness (QED) is 0.325. The fourth-order valence-corrected chi connectivity index (χ4v) is 0.0204. The molecule has 5 N–H and O–H groups in total. The molecular weight excluding hydrogens is 214 g/mol. The molecule has 0 aliphatic rings. The minimum absolute atomic E-state index is 1.06. The Morgan fingerprint density at radius 1 is 1.13 bits per heavy atom. The summed E-state index contributed by atoms with van der Waals surface area (Å²) in [6.45, 7) is 2.93. The van der Waals surface area contributed by atoms with Gasteiger partial charge >= 0.3 is 12.3 Å². The molecule has 0 aromatic carbocycles. The lowest BCUT2D eigenvalue weighted by Crippen LogP contribution is -2.18. The lowest BCUT2D eigenvalue weighted by Gasteiger charge is -2.07. The Morgan fingerprint density at radius 2 is 1.33 bits per heavy atom. The van der Waals surface area contributed by atoms with Crippen LogP contribution in [0.15, 0.2) is 0 Å². The average molecular weight is 225 g/mol. The zero-order chi connectivity index (χ0) is 13.1. The number of nitrogens with zero attached hydrogens (tertiary/aromatic N) is 1. The molecule has 0 unspecified atom stereocenters. The van der Waals surface area contributed by atoms with Gasteiger partial charge in [-0.25, -0.2) is 14.5 Å². The first-order chi connectivity index (χ1) is 6.59. The Hall–Kier alpha value is -2.05. The first-order valence-corrected chi connectivity index (χ1v) is 3.16. The first kappa shape index (κ1) is 18.7. The van der Waals surface area contributed by atoms with E-state index < -0.39 is 17.9 Å². The van der Waals surface area contributed by atoms with Gasteiger partial charge in [0.15, 0.2) is 5.60 Å². The number of hydrogen-bond acceptors (Lipinski definition) is 5. The molecule has 0 aliphatic heterocycles. The van der Waals surface area contributed by atoms with Crippen LogP contribution in [0.1, 0.15) is 13.8 Å². The second-order valence-electron chi connectivity index (χ2n) is 2.28. The smallest absolute Gasteiger partial charge is 0.450 e. The average Bonchev–Trinajstić information content (AvgIpc) is 2.02. The van der Waals surface area contributed by atoms with E-state index in [9.17, 15) is 0 Å². The third-order valence-corrected chi connectivity index (χ3v) is 0.497. The minimum atomic E-state index is -1.83. The maximum absolute atomic E-state index is 8.56. The molecule has 0 aliphatic carbocycles. The number of nitriles is 1. The molecule has 0 rings (SSSR count). The van der Waals surface area contributed by atoms with Gasteiger partial charge in [0.05, 0.1) is 0 Å². The van der Waals surface area contributed by atoms with Gasteiger partial charge < -0.3 is 20.4 Å². The van der Waals surface area contributed by atoms with Crippen molar-refractivity contribution < 1.29 is 40.2 Å². The van der Waals surface area contributed by atoms with Crippen LogP contribution in [0, 0.1) is 11.3 Å². The van der Waals surface area contributed by atoms with Crippen molar-refractivity contribution in [1.29, 1.82) is 5.26 Å². The van der Waals surface area contributed by atoms with Gasteiger partial charge in [-0.05, 0) is 13.8 Å². The van der Waals surface area contributed by atoms with E-state index in [0.29, 0.717) is 0 Å². The molecular formula is C6H11NO8. The Bertz CT molecular complexity index is 210. The highest BCUT2D eigenvalue weighted by molar-refractivity contribution is 5.53. The summed E-state index contributed by atoms with van der Waals surface area (Å²) in [7, 11) is 0. The first-order valence-electron chi connectivity index (χ1n) is 3.16. The predicted octanol–water partition coefficient (Wildman–Crippen LogP) is 1.22. The summed E-state index contributed by atoms with van der Waals surface area (Å²) in [6.07, 6.45) is -3.67. The number of hydrogen-bond donors (Lipinski definition) is 5. The fourth-order valence-electron chi connectivity index (χ4n) is 0.0204. The second-order valence-corrected chi connectivity index (χ2v) is 2.28. The van der Waals surface area contributed by atoms with Crippen LogP contribution in [-0.2, 0) is 4.89 Å². The third-order valence-electron chi connectivity index (χ3n) is 0.497. The van der Waals surface area contributed by atoms with Crippen molar-refractivity contribution in [2.75, 3.05) is 0 Å². The van der Waals surface area contributed by atoms with Crippen molar-refractivity contribution in [1.82, 2.24) is 0 Å². The van der Waals surface area contributed by atoms with E-state index in [1.54, 1.807) is 6.07 Å². The molecule has 0 saturated carbocycles. The maximum Gasteiger partial charge on any atom is 0.503 e. The van der Waals surface area contributed by atoms with Gasteiger partial charge in [-0.3, -0.25) is 5.26 Å². The monoisotopic (exact) mass is 225 g/mol. The molecule has 15 heavy (non-hydrogen) atoms. The van der Waals surface area contributed by atoms with Crippen LogP contribution in [0.3, 0.4) is 0 Å². The molecule has 0 bridgehead atoms. The predicted molar refractivity (Wildman–Crippen MR) is 44.7 cm³/mol. The summed E-state index contributed by atoms with van der Waals surface area (Å²) < 4.78 is 0. The zero-order valence-corrected chi connectivity index (χ0v) is 7.91. The van der Waals surface area contributed by atoms with Crippen molar-refractivity contribution in [2.24, 2.45) is 0 Å². The molecule has 88 valence electrons. The number of carboxylic acid groups (broad SMARTS) is 4. The van der Waals surface area contributed by atoms with E-state index in [-0.39, 0.29) is 0 Å². The highest BCUT2D eigenvalue weighted by Gasteiger charge is 2.15. The van der Waals surface area contributed by atoms with E-state index in [4.69, 9.17) is 40.5 Å². The number of carbonyl (C=O) groups is 2. The van der Waals surface area contributed by atoms with Crippen LogP contribution in [0.4, 0.5) is 9.59 Å². The second kappa shape index (κ2) is 10.0. The summed E-state index contributed by atoms with van der Waals surface area (Å²) in [4.78, 5) is 20.8. The molecule has 0 heterocycles. The maximum atomic E-state index is 8.56. The van der Waals surface area contributed by atoms with Crippen molar-refractivity contribution >= 4 is 12.3 Å². The zero-order valence-electron chi connectivity index (χ0n) is 7.91. The summed E-state index contributed by atoms with van der Waals surface area (Å²) in [5.41, 5.74) is -1.06. The number of rotatable bonds is 1. The summed E-state index contributed by atoms with van der Waals surface area (Å²) in [6, 6.07) is 1.72. The normalized spacial score (nSPS) is 8.13. The summed E-state index contributed by atoms with van der Waals surface area (Å²) >= 11 is 0. The van der Waals surface area contributed by atoms with E-state index in [1.165, 1.54) is 13.8 Å². The van der Waals surface area contributed by atoms with Gasteiger partial charge in [-0.15, -0.1) is 0 Å². The van der Waals surface area contributed by atoms with Crippen molar-refractivity contribution in [3.63, 3.8) is 0 Å². The van der Waals surface area contributed by atoms with Crippen LogP contribution in [0.5, 0.6) is 0 Å². The molecule has 0 aromatic rings. The molecule has 0 atom stereocenters. The van der Waals surface area contributed by atoms with Crippen molar-refractivity contribution in [3.8, 4) is 6.07 Å². The van der Waals surface area contributed by atoms with E-state index in [2.05, 4.69) is 4.89 Å². The summed E-state index contributed by atoms with van der Waals surface area (Å²) in [5.74, 6) is 0. The van der Waals surface area contributed by atoms with E-state index >= 15 is 0 Å². The SMILES string of the molecule is CC(C)(C#N)OO.O=C(O)O.O=C(O)O. The lowest BCUT2D eigenvalue weighted by molar-refractivity contribution is -0.294. The van der Waals surface area contributed by atoms with Crippen LogP contribution in [-0.4, -0.2) is 43.6 Å². The Kier molecular flexibility index (Phi) is 12.5. The minimum Gasteiger partial charge on any atom is -0.450 e. The van der Waals surface area contributed by atoms with E-state index in [0.717, 1.165) is 0 Å². The Balaban J connectivity index is -0.000000155. The topological polar surface area (TPSA) is 168 Å². The van der Waals surface area contributed by atoms with Gasteiger partial charge in [-0.1, -0.05) is 0 Å². The summed E-state index contributed by atoms with van der Waals surface area (Å²) in [5, 5.41) is 43.8. The molecule has 0 radical (unpaired) electrons. The molecule has 0 amide bonds. The molecule has 9 heteroatoms. The molecule has 0 spiro atoms. The fraction of sp³-hybridized carbons (Fsp3) is 0.500. The van der Waals surface area contributed by atoms with Gasteiger partial charge in [-0.2, -0.15) is 5.26 Å². The van der Waals surface area contributed by atoms with Gasteiger partial charge in [0, 0.05) is 0 Å². The van der Waals surface area contributed by atoms with Crippen LogP contribution >= 0.6 is 0 Å². The molecule has 0 fully saturated rings. The van der Waals surface area contributed by atoms with Gasteiger partial charge in [0.2, 0.25) is 0 Å². The third kappa shape index (κ3) is 75.8. The van der Waals surface area contributed by atoms with Crippen LogP contribution < -0.4 is 0 Å². The largest absolute Gasteiger partial charge is 0.503 e. The highest BCUT2D eigenvalue weighted by atomic mass is 17.1. The van der Waals surface area contributed by atoms with E-state index in [1.807, 2.05) is 0 Å². The van der Waals surface area contributed by atoms with Crippen molar-refractivity contribution in [2.45, 2.75) is 19.4 Å². The standard InChI is InChI=1S/C4H7NO2.2CH2O3/c1-4(2,3-5)7-6;2*2-1(3)4/h6H,1-2H3;2*(H2,2,3,4). The molecule has 9 nitrogen and oxygen atoms in total. The lowest BCUT2D eigenvalue weighted by atomic mass is 10.2. The Labute approximate surface area is 84.3 Å². The van der Waals surface area contributed by atoms with Crippen molar-refractivity contribution in [3.05, 3.63) is 0 Å². The Morgan fingerprint density at radius 3 is 1.33 bits per heavy atom. The van der Waals surface area contributed by atoms with Crippen LogP contribution in [0.25, 0.3) is 0 Å². The highest BCUT2D eigenvalue weighted by Crippen LogP contribution is 2.02. The van der Waals surface area contributed by atoms with Crippen LogP contribution in [0.2, 0.25) is 0 Å². The molecule has 0 saturated heterocycles. The van der Waals surface area contributed by atoms with Gasteiger partial charge in [0.25, 0.3) is 0 Å².